The highest BCUT2D eigenvalue weighted by molar-refractivity contribution is 6.69. The average molecular weight is 226 g/mol. The third-order valence-corrected chi connectivity index (χ3v) is 3.47. The normalized spacial score (nSPS) is 23.4. The quantitative estimate of drug-likeness (QED) is 0.668. The van der Waals surface area contributed by atoms with Gasteiger partial charge in [-0.05, 0) is 45.3 Å². The molecule has 0 N–H and O–H groups in total. The fourth-order valence-corrected chi connectivity index (χ4v) is 3.20. The minimum atomic E-state index is -4.24. The Hall–Kier alpha value is -0.0331. The molecule has 0 bridgehead atoms. The molecule has 1 fully saturated rings. The lowest BCUT2D eigenvalue weighted by Gasteiger charge is -2.38. The molecule has 5 heteroatoms. The van der Waals surface area contributed by atoms with E-state index in [1.54, 1.807) is 19.6 Å². The van der Waals surface area contributed by atoms with Crippen molar-refractivity contribution >= 4 is 8.32 Å². The topological polar surface area (TPSA) is 9.23 Å². The summed E-state index contributed by atoms with van der Waals surface area (Å²) >= 11 is 0. The van der Waals surface area contributed by atoms with Crippen LogP contribution in [0.15, 0.2) is 0 Å². The number of hydrogen-bond donors (Lipinski definition) is 0. The summed E-state index contributed by atoms with van der Waals surface area (Å²) in [6, 6.07) is 0. The van der Waals surface area contributed by atoms with E-state index in [1.165, 1.54) is 6.92 Å². The molecule has 1 aliphatic rings. The minimum absolute atomic E-state index is 0.325. The van der Waals surface area contributed by atoms with Crippen molar-refractivity contribution in [2.75, 3.05) is 0 Å². The molecule has 0 heterocycles. The Kier molecular flexibility index (Phi) is 2.78. The first-order valence-electron chi connectivity index (χ1n) is 4.83. The van der Waals surface area contributed by atoms with Gasteiger partial charge in [0.25, 0.3) is 0 Å². The summed E-state index contributed by atoms with van der Waals surface area (Å²) in [7, 11) is -2.15. The first-order chi connectivity index (χ1) is 6.06. The molecule has 0 aromatic carbocycles. The van der Waals surface area contributed by atoms with Crippen molar-refractivity contribution in [2.24, 2.45) is 5.92 Å². The van der Waals surface area contributed by atoms with Crippen LogP contribution in [0.5, 0.6) is 0 Å². The zero-order chi connectivity index (χ0) is 11.2. The second kappa shape index (κ2) is 3.23. The smallest absolute Gasteiger partial charge is 0.404 e. The van der Waals surface area contributed by atoms with Gasteiger partial charge in [-0.25, -0.2) is 0 Å². The standard InChI is InChI=1S/C9H17F3OSi/c1-8(7-5-6-7,9(10,11)12)13-14(2,3)4/h7H,5-6H2,1-4H3. The highest BCUT2D eigenvalue weighted by atomic mass is 28.4. The zero-order valence-corrected chi connectivity index (χ0v) is 10.0. The zero-order valence-electron chi connectivity index (χ0n) is 9.03. The fourth-order valence-electron chi connectivity index (χ4n) is 1.64. The number of halogens is 3. The van der Waals surface area contributed by atoms with Gasteiger partial charge in [-0.3, -0.25) is 0 Å². The summed E-state index contributed by atoms with van der Waals surface area (Å²) in [5, 5.41) is 0. The highest BCUT2D eigenvalue weighted by Crippen LogP contribution is 2.51. The minimum Gasteiger partial charge on any atom is -0.404 e. The molecule has 0 aliphatic heterocycles. The van der Waals surface area contributed by atoms with Crippen LogP contribution in [0, 0.1) is 5.92 Å². The SMILES string of the molecule is CC(O[Si](C)(C)C)(C1CC1)C(F)(F)F. The first kappa shape index (κ1) is 12.0. The Labute approximate surface area is 83.8 Å². The lowest BCUT2D eigenvalue weighted by atomic mass is 10.0. The summed E-state index contributed by atoms with van der Waals surface area (Å²) < 4.78 is 43.8. The van der Waals surface area contributed by atoms with E-state index in [2.05, 4.69) is 0 Å². The van der Waals surface area contributed by atoms with Gasteiger partial charge >= 0.3 is 6.18 Å². The van der Waals surface area contributed by atoms with Crippen molar-refractivity contribution in [3.8, 4) is 0 Å². The molecular weight excluding hydrogens is 209 g/mol. The van der Waals surface area contributed by atoms with Crippen LogP contribution in [0.25, 0.3) is 0 Å². The third-order valence-electron chi connectivity index (χ3n) is 2.44. The molecule has 1 nitrogen and oxygen atoms in total. The van der Waals surface area contributed by atoms with Gasteiger partial charge in [0, 0.05) is 0 Å². The Morgan fingerprint density at radius 3 is 1.79 bits per heavy atom. The molecule has 1 saturated carbocycles. The monoisotopic (exact) mass is 226 g/mol. The van der Waals surface area contributed by atoms with Gasteiger partial charge in [0.2, 0.25) is 0 Å². The van der Waals surface area contributed by atoms with Crippen molar-refractivity contribution < 1.29 is 17.6 Å². The van der Waals surface area contributed by atoms with Crippen LogP contribution in [0.3, 0.4) is 0 Å². The maximum absolute atomic E-state index is 12.8. The van der Waals surface area contributed by atoms with E-state index in [-0.39, 0.29) is 5.92 Å². The Morgan fingerprint density at radius 1 is 1.14 bits per heavy atom. The number of hydrogen-bond acceptors (Lipinski definition) is 1. The lowest BCUT2D eigenvalue weighted by Crippen LogP contribution is -2.52. The fraction of sp³-hybridized carbons (Fsp3) is 1.00. The van der Waals surface area contributed by atoms with Gasteiger partial charge in [-0.15, -0.1) is 0 Å². The molecule has 1 unspecified atom stereocenters. The lowest BCUT2D eigenvalue weighted by molar-refractivity contribution is -0.252. The summed E-state index contributed by atoms with van der Waals surface area (Å²) in [5.74, 6) is -0.325. The predicted molar refractivity (Wildman–Crippen MR) is 51.6 cm³/mol. The van der Waals surface area contributed by atoms with E-state index < -0.39 is 20.1 Å². The predicted octanol–water partition coefficient (Wildman–Crippen LogP) is 3.57. The molecule has 14 heavy (non-hydrogen) atoms. The molecule has 0 aromatic rings. The summed E-state index contributed by atoms with van der Waals surface area (Å²) in [5.41, 5.74) is -1.91. The molecule has 84 valence electrons. The molecule has 1 aliphatic carbocycles. The van der Waals surface area contributed by atoms with Crippen LogP contribution in [-0.2, 0) is 4.43 Å². The van der Waals surface area contributed by atoms with Crippen LogP contribution >= 0.6 is 0 Å². The highest BCUT2D eigenvalue weighted by Gasteiger charge is 2.61. The van der Waals surface area contributed by atoms with Crippen LogP contribution in [0.2, 0.25) is 19.6 Å². The molecule has 1 atom stereocenters. The second-order valence-corrected chi connectivity index (χ2v) is 9.52. The molecule has 0 saturated heterocycles. The number of rotatable bonds is 3. The van der Waals surface area contributed by atoms with Crippen molar-refractivity contribution in [2.45, 2.75) is 51.2 Å². The van der Waals surface area contributed by atoms with E-state index in [0.29, 0.717) is 12.8 Å². The molecule has 0 radical (unpaired) electrons. The van der Waals surface area contributed by atoms with Crippen LogP contribution < -0.4 is 0 Å². The van der Waals surface area contributed by atoms with Gasteiger partial charge < -0.3 is 4.43 Å². The van der Waals surface area contributed by atoms with E-state index in [9.17, 15) is 13.2 Å². The maximum Gasteiger partial charge on any atom is 0.416 e. The summed E-state index contributed by atoms with van der Waals surface area (Å²) in [6.45, 7) is 6.57. The van der Waals surface area contributed by atoms with Crippen molar-refractivity contribution in [3.63, 3.8) is 0 Å². The van der Waals surface area contributed by atoms with Gasteiger partial charge in [-0.1, -0.05) is 0 Å². The molecule has 0 amide bonds. The van der Waals surface area contributed by atoms with Crippen LogP contribution in [0.4, 0.5) is 13.2 Å². The van der Waals surface area contributed by atoms with Gasteiger partial charge in [0.15, 0.2) is 13.9 Å². The first-order valence-corrected chi connectivity index (χ1v) is 8.24. The summed E-state index contributed by atoms with van der Waals surface area (Å²) in [6.07, 6.45) is -2.96. The van der Waals surface area contributed by atoms with E-state index in [4.69, 9.17) is 4.43 Å². The Morgan fingerprint density at radius 2 is 1.57 bits per heavy atom. The van der Waals surface area contributed by atoms with Crippen molar-refractivity contribution in [1.29, 1.82) is 0 Å². The van der Waals surface area contributed by atoms with Gasteiger partial charge in [0.05, 0.1) is 0 Å². The summed E-state index contributed by atoms with van der Waals surface area (Å²) in [4.78, 5) is 0. The maximum atomic E-state index is 12.8. The van der Waals surface area contributed by atoms with Crippen LogP contribution in [-0.4, -0.2) is 20.1 Å². The van der Waals surface area contributed by atoms with Crippen molar-refractivity contribution in [1.82, 2.24) is 0 Å². The Bertz CT molecular complexity index is 217. The van der Waals surface area contributed by atoms with E-state index >= 15 is 0 Å². The van der Waals surface area contributed by atoms with E-state index in [1.807, 2.05) is 0 Å². The van der Waals surface area contributed by atoms with Gasteiger partial charge in [-0.2, -0.15) is 13.2 Å². The molecular formula is C9H17F3OSi. The molecule has 0 spiro atoms. The van der Waals surface area contributed by atoms with Crippen LogP contribution in [0.1, 0.15) is 19.8 Å². The molecule has 1 rings (SSSR count). The molecule has 0 aromatic heterocycles. The second-order valence-electron chi connectivity index (χ2n) is 5.09. The number of alkyl halides is 3. The average Bonchev–Trinajstić information content (AvgIpc) is 2.58. The van der Waals surface area contributed by atoms with E-state index in [0.717, 1.165) is 0 Å². The Balaban J connectivity index is 2.82. The largest absolute Gasteiger partial charge is 0.416 e. The third kappa shape index (κ3) is 2.51. The van der Waals surface area contributed by atoms with Crippen molar-refractivity contribution in [3.05, 3.63) is 0 Å². The van der Waals surface area contributed by atoms with Gasteiger partial charge in [0.1, 0.15) is 0 Å².